The molecule has 3 heteroatoms. The lowest BCUT2D eigenvalue weighted by Crippen LogP contribution is -2.56. The third-order valence-electron chi connectivity index (χ3n) is 4.89. The van der Waals surface area contributed by atoms with Crippen LogP contribution < -0.4 is 5.32 Å². The molecule has 0 amide bonds. The summed E-state index contributed by atoms with van der Waals surface area (Å²) in [5.41, 5.74) is 1.45. The molecule has 1 aromatic rings. The summed E-state index contributed by atoms with van der Waals surface area (Å²) in [5, 5.41) is 3.76. The smallest absolute Gasteiger partial charge is 0.0951 e. The summed E-state index contributed by atoms with van der Waals surface area (Å²) in [5.74, 6) is 0. The highest BCUT2D eigenvalue weighted by Crippen LogP contribution is 2.36. The molecule has 0 spiro atoms. The molecule has 1 aliphatic heterocycles. The van der Waals surface area contributed by atoms with E-state index in [0.717, 1.165) is 19.4 Å². The van der Waals surface area contributed by atoms with Crippen molar-refractivity contribution in [2.75, 3.05) is 19.6 Å². The largest absolute Gasteiger partial charge is 0.472 e. The molecule has 1 aromatic heterocycles. The minimum absolute atomic E-state index is 0.166. The van der Waals surface area contributed by atoms with Crippen molar-refractivity contribution in [1.29, 1.82) is 0 Å². The van der Waals surface area contributed by atoms with Gasteiger partial charge in [-0.15, -0.1) is 0 Å². The molecule has 1 fully saturated rings. The van der Waals surface area contributed by atoms with Crippen LogP contribution in [-0.4, -0.2) is 30.1 Å². The standard InChI is InChI=1S/C17H30N2O/c1-4-10-18-16(15-9-13-20-14-15)17(3,5-2)19-11-7-6-8-12-19/h9,13-14,16,18H,4-8,10-12H2,1-3H3. The van der Waals surface area contributed by atoms with Gasteiger partial charge < -0.3 is 9.73 Å². The number of hydrogen-bond donors (Lipinski definition) is 1. The van der Waals surface area contributed by atoms with Crippen molar-refractivity contribution in [1.82, 2.24) is 10.2 Å². The Balaban J connectivity index is 2.22. The first-order valence-corrected chi connectivity index (χ1v) is 8.23. The summed E-state index contributed by atoms with van der Waals surface area (Å²) in [6.07, 6.45) is 10.1. The number of furan rings is 1. The molecule has 1 saturated heterocycles. The number of rotatable bonds is 7. The Kier molecular flexibility index (Phi) is 5.67. The average Bonchev–Trinajstić information content (AvgIpc) is 3.02. The number of nitrogens with one attached hydrogen (secondary N) is 1. The number of likely N-dealkylation sites (tertiary alicyclic amines) is 1. The molecule has 1 aliphatic rings. The third kappa shape index (κ3) is 3.26. The van der Waals surface area contributed by atoms with E-state index in [9.17, 15) is 0 Å². The van der Waals surface area contributed by atoms with Crippen molar-refractivity contribution >= 4 is 0 Å². The van der Waals surface area contributed by atoms with Crippen molar-refractivity contribution in [2.45, 2.75) is 64.5 Å². The van der Waals surface area contributed by atoms with E-state index >= 15 is 0 Å². The Morgan fingerprint density at radius 1 is 1.30 bits per heavy atom. The maximum atomic E-state index is 5.34. The second kappa shape index (κ2) is 7.28. The molecule has 0 aromatic carbocycles. The summed E-state index contributed by atoms with van der Waals surface area (Å²) in [4.78, 5) is 2.69. The summed E-state index contributed by atoms with van der Waals surface area (Å²) in [7, 11) is 0. The van der Waals surface area contributed by atoms with E-state index in [1.165, 1.54) is 37.9 Å². The van der Waals surface area contributed by atoms with E-state index in [-0.39, 0.29) is 5.54 Å². The predicted octanol–water partition coefficient (Wildman–Crippen LogP) is 3.97. The van der Waals surface area contributed by atoms with Gasteiger partial charge in [0.05, 0.1) is 18.6 Å². The Morgan fingerprint density at radius 3 is 2.60 bits per heavy atom. The van der Waals surface area contributed by atoms with Gasteiger partial charge in [0.1, 0.15) is 0 Å². The van der Waals surface area contributed by atoms with Crippen molar-refractivity contribution in [2.24, 2.45) is 0 Å². The summed E-state index contributed by atoms with van der Waals surface area (Å²) < 4.78 is 5.34. The first kappa shape index (κ1) is 15.6. The topological polar surface area (TPSA) is 28.4 Å². The summed E-state index contributed by atoms with van der Waals surface area (Å²) >= 11 is 0. The molecule has 114 valence electrons. The van der Waals surface area contributed by atoms with Crippen LogP contribution in [0.25, 0.3) is 0 Å². The molecular formula is C17H30N2O. The van der Waals surface area contributed by atoms with Crippen LogP contribution >= 0.6 is 0 Å². The Labute approximate surface area is 123 Å². The van der Waals surface area contributed by atoms with Gasteiger partial charge in [0, 0.05) is 11.1 Å². The average molecular weight is 278 g/mol. The molecule has 1 N–H and O–H groups in total. The van der Waals surface area contributed by atoms with Crippen LogP contribution in [0.1, 0.15) is 64.5 Å². The fraction of sp³-hybridized carbons (Fsp3) is 0.765. The highest BCUT2D eigenvalue weighted by molar-refractivity contribution is 5.18. The van der Waals surface area contributed by atoms with Gasteiger partial charge in [0.25, 0.3) is 0 Å². The zero-order valence-electron chi connectivity index (χ0n) is 13.3. The number of nitrogens with zero attached hydrogens (tertiary/aromatic N) is 1. The summed E-state index contributed by atoms with van der Waals surface area (Å²) in [6.45, 7) is 10.5. The van der Waals surface area contributed by atoms with Gasteiger partial charge in [-0.2, -0.15) is 0 Å². The lowest BCUT2D eigenvalue weighted by atomic mass is 9.82. The van der Waals surface area contributed by atoms with E-state index in [1.54, 1.807) is 6.26 Å². The molecule has 3 nitrogen and oxygen atoms in total. The van der Waals surface area contributed by atoms with Crippen LogP contribution in [0, 0.1) is 0 Å². The monoisotopic (exact) mass is 278 g/mol. The summed E-state index contributed by atoms with van der Waals surface area (Å²) in [6, 6.07) is 2.47. The van der Waals surface area contributed by atoms with Gasteiger partial charge in [-0.25, -0.2) is 0 Å². The van der Waals surface area contributed by atoms with Gasteiger partial charge in [0.2, 0.25) is 0 Å². The van der Waals surface area contributed by atoms with Crippen molar-refractivity contribution < 1.29 is 4.42 Å². The molecule has 0 bridgehead atoms. The molecule has 2 atom stereocenters. The fourth-order valence-electron chi connectivity index (χ4n) is 3.44. The second-order valence-corrected chi connectivity index (χ2v) is 6.20. The quantitative estimate of drug-likeness (QED) is 0.818. The van der Waals surface area contributed by atoms with Gasteiger partial charge >= 0.3 is 0 Å². The Morgan fingerprint density at radius 2 is 2.05 bits per heavy atom. The minimum Gasteiger partial charge on any atom is -0.472 e. The van der Waals surface area contributed by atoms with Gasteiger partial charge in [-0.05, 0) is 58.3 Å². The van der Waals surface area contributed by atoms with Gasteiger partial charge in [-0.1, -0.05) is 20.3 Å². The zero-order valence-corrected chi connectivity index (χ0v) is 13.3. The van der Waals surface area contributed by atoms with E-state index < -0.39 is 0 Å². The molecule has 0 saturated carbocycles. The van der Waals surface area contributed by atoms with Gasteiger partial charge in [-0.3, -0.25) is 4.90 Å². The van der Waals surface area contributed by atoms with Crippen LogP contribution in [0.2, 0.25) is 0 Å². The Hall–Kier alpha value is -0.800. The first-order chi connectivity index (χ1) is 9.72. The Bertz CT molecular complexity index is 370. The highest BCUT2D eigenvalue weighted by Gasteiger charge is 2.39. The number of piperidine rings is 1. The lowest BCUT2D eigenvalue weighted by molar-refractivity contribution is 0.0422. The van der Waals surface area contributed by atoms with E-state index in [4.69, 9.17) is 4.42 Å². The predicted molar refractivity (Wildman–Crippen MR) is 83.9 cm³/mol. The minimum atomic E-state index is 0.166. The van der Waals surface area contributed by atoms with E-state index in [2.05, 4.69) is 37.1 Å². The molecule has 0 radical (unpaired) electrons. The molecule has 20 heavy (non-hydrogen) atoms. The fourth-order valence-corrected chi connectivity index (χ4v) is 3.44. The van der Waals surface area contributed by atoms with Crippen molar-refractivity contribution in [3.63, 3.8) is 0 Å². The molecule has 0 aliphatic carbocycles. The second-order valence-electron chi connectivity index (χ2n) is 6.20. The maximum absolute atomic E-state index is 5.34. The van der Waals surface area contributed by atoms with Crippen LogP contribution in [-0.2, 0) is 0 Å². The van der Waals surface area contributed by atoms with E-state index in [1.807, 2.05) is 6.26 Å². The normalized spacial score (nSPS) is 21.6. The molecule has 2 unspecified atom stereocenters. The van der Waals surface area contributed by atoms with Crippen LogP contribution in [0.5, 0.6) is 0 Å². The lowest BCUT2D eigenvalue weighted by Gasteiger charge is -2.48. The maximum Gasteiger partial charge on any atom is 0.0951 e. The van der Waals surface area contributed by atoms with Crippen LogP contribution in [0.4, 0.5) is 0 Å². The highest BCUT2D eigenvalue weighted by atomic mass is 16.3. The van der Waals surface area contributed by atoms with Crippen molar-refractivity contribution in [3.05, 3.63) is 24.2 Å². The zero-order chi connectivity index (χ0) is 14.4. The third-order valence-corrected chi connectivity index (χ3v) is 4.89. The van der Waals surface area contributed by atoms with Crippen molar-refractivity contribution in [3.8, 4) is 0 Å². The molecule has 2 rings (SSSR count). The SMILES string of the molecule is CCCNC(c1ccoc1)C(C)(CC)N1CCCCC1. The van der Waals surface area contributed by atoms with Gasteiger partial charge in [0.15, 0.2) is 0 Å². The van der Waals surface area contributed by atoms with Crippen LogP contribution in [0.3, 0.4) is 0 Å². The molecule has 2 heterocycles. The molecular weight excluding hydrogens is 248 g/mol. The van der Waals surface area contributed by atoms with E-state index in [0.29, 0.717) is 6.04 Å². The first-order valence-electron chi connectivity index (χ1n) is 8.23. The van der Waals surface area contributed by atoms with Crippen LogP contribution in [0.15, 0.2) is 23.0 Å². The number of hydrogen-bond acceptors (Lipinski definition) is 3.